The van der Waals surface area contributed by atoms with Crippen LogP contribution in [-0.4, -0.2) is 47.8 Å². The van der Waals surface area contributed by atoms with E-state index in [0.29, 0.717) is 0 Å². The Morgan fingerprint density at radius 3 is 2.14 bits per heavy atom. The molecule has 0 saturated heterocycles. The molecular formula is C6H14N2O5S. The Bertz CT molecular complexity index is 299. The van der Waals surface area contributed by atoms with Gasteiger partial charge in [0.2, 0.25) is 0 Å². The summed E-state index contributed by atoms with van der Waals surface area (Å²) in [7, 11) is -4.56. The van der Waals surface area contributed by atoms with Crippen molar-refractivity contribution in [3.05, 3.63) is 0 Å². The highest BCUT2D eigenvalue weighted by Gasteiger charge is 2.34. The van der Waals surface area contributed by atoms with Crippen LogP contribution in [0.15, 0.2) is 0 Å². The molecule has 0 bridgehead atoms. The molecule has 3 atom stereocenters. The van der Waals surface area contributed by atoms with Crippen LogP contribution in [0.4, 0.5) is 0 Å². The molecule has 0 fully saturated rings. The van der Waals surface area contributed by atoms with Crippen LogP contribution in [-0.2, 0) is 14.9 Å². The van der Waals surface area contributed by atoms with Gasteiger partial charge < -0.3 is 16.6 Å². The predicted molar refractivity (Wildman–Crippen MR) is 49.1 cm³/mol. The summed E-state index contributed by atoms with van der Waals surface area (Å²) in [5.74, 6) is -0.995. The second kappa shape index (κ2) is 4.80. The summed E-state index contributed by atoms with van der Waals surface area (Å²) in [6, 6.07) is -1.37. The smallest absolute Gasteiger partial charge is 0.276 e. The van der Waals surface area contributed by atoms with Gasteiger partial charge in [0.15, 0.2) is 11.0 Å². The molecule has 84 valence electrons. The zero-order chi connectivity index (χ0) is 11.5. The number of nitrogens with two attached hydrogens (primary N) is 2. The minimum atomic E-state index is -4.56. The molecule has 0 spiro atoms. The quantitative estimate of drug-likeness (QED) is 0.378. The van der Waals surface area contributed by atoms with Gasteiger partial charge in [-0.15, -0.1) is 0 Å². The van der Waals surface area contributed by atoms with Crippen molar-refractivity contribution in [3.63, 3.8) is 0 Å². The third-order valence-corrected chi connectivity index (χ3v) is 2.88. The number of hydrogen-bond acceptors (Lipinski definition) is 6. The molecule has 0 radical (unpaired) electrons. The van der Waals surface area contributed by atoms with Crippen molar-refractivity contribution in [2.75, 3.05) is 6.54 Å². The minimum absolute atomic E-state index is 0.571. The molecule has 0 aliphatic heterocycles. The largest absolute Gasteiger partial charge is 0.391 e. The van der Waals surface area contributed by atoms with Gasteiger partial charge in [-0.25, -0.2) is 0 Å². The van der Waals surface area contributed by atoms with Crippen LogP contribution in [0.5, 0.6) is 0 Å². The molecule has 3 unspecified atom stereocenters. The minimum Gasteiger partial charge on any atom is -0.391 e. The number of rotatable bonds is 5. The lowest BCUT2D eigenvalue weighted by Crippen LogP contribution is -2.50. The Hall–Kier alpha value is -0.540. The molecule has 8 heteroatoms. The Kier molecular flexibility index (Phi) is 4.62. The van der Waals surface area contributed by atoms with Gasteiger partial charge in [-0.05, 0) is 6.92 Å². The molecule has 0 rings (SSSR count). The van der Waals surface area contributed by atoms with E-state index in [1.807, 2.05) is 0 Å². The van der Waals surface area contributed by atoms with Crippen molar-refractivity contribution in [3.8, 4) is 0 Å². The summed E-state index contributed by atoms with van der Waals surface area (Å²) < 4.78 is 29.9. The number of carbonyl (C=O) groups excluding carboxylic acids is 1. The maximum atomic E-state index is 11.3. The monoisotopic (exact) mass is 226 g/mol. The maximum Gasteiger partial charge on any atom is 0.276 e. The summed E-state index contributed by atoms with van der Waals surface area (Å²) >= 11 is 0. The molecule has 0 aromatic carbocycles. The van der Waals surface area contributed by atoms with Crippen molar-refractivity contribution in [1.29, 1.82) is 0 Å². The molecule has 0 saturated carbocycles. The van der Waals surface area contributed by atoms with Crippen molar-refractivity contribution in [2.24, 2.45) is 11.5 Å². The number of aliphatic hydroxyl groups is 1. The molecule has 14 heavy (non-hydrogen) atoms. The Morgan fingerprint density at radius 1 is 1.50 bits per heavy atom. The topological polar surface area (TPSA) is 144 Å². The van der Waals surface area contributed by atoms with Gasteiger partial charge in [0.1, 0.15) is 0 Å². The Balaban J connectivity index is 4.82. The van der Waals surface area contributed by atoms with E-state index in [1.54, 1.807) is 0 Å². The first-order chi connectivity index (χ1) is 6.21. The number of ketones is 1. The van der Waals surface area contributed by atoms with Crippen LogP contribution in [0.1, 0.15) is 6.92 Å². The molecule has 0 aromatic rings. The first-order valence-corrected chi connectivity index (χ1v) is 5.36. The summed E-state index contributed by atoms with van der Waals surface area (Å²) in [6.07, 6.45) is -1.20. The van der Waals surface area contributed by atoms with Crippen LogP contribution < -0.4 is 11.5 Å². The van der Waals surface area contributed by atoms with Crippen molar-refractivity contribution in [1.82, 2.24) is 0 Å². The van der Waals surface area contributed by atoms with E-state index in [9.17, 15) is 13.2 Å². The zero-order valence-electron chi connectivity index (χ0n) is 7.62. The number of hydrogen-bond donors (Lipinski definition) is 4. The molecule has 0 heterocycles. The lowest BCUT2D eigenvalue weighted by atomic mass is 10.1. The highest BCUT2D eigenvalue weighted by atomic mass is 32.2. The SMILES string of the molecule is CC(O)C(N)C(=O)C(CN)S(=O)(=O)O. The standard InChI is InChI=1S/C6H14N2O5S/c1-3(9)5(8)6(10)4(2-7)14(11,12)13/h3-5,9H,2,7-8H2,1H3,(H,11,12,13). The third kappa shape index (κ3) is 3.31. The number of Topliss-reactive ketones (excluding diaryl/α,β-unsaturated/α-hetero) is 1. The van der Waals surface area contributed by atoms with Crippen molar-refractivity contribution < 1.29 is 22.9 Å². The van der Waals surface area contributed by atoms with Crippen LogP contribution in [0.3, 0.4) is 0 Å². The van der Waals surface area contributed by atoms with E-state index in [0.717, 1.165) is 0 Å². The molecule has 6 N–H and O–H groups in total. The van der Waals surface area contributed by atoms with Gasteiger partial charge in [-0.2, -0.15) is 8.42 Å². The highest BCUT2D eigenvalue weighted by Crippen LogP contribution is 2.03. The number of carbonyl (C=O) groups is 1. The average Bonchev–Trinajstić information content (AvgIpc) is 2.01. The Labute approximate surface area is 81.8 Å². The summed E-state index contributed by atoms with van der Waals surface area (Å²) in [5, 5.41) is 7.17. The normalized spacial score (nSPS) is 18.6. The highest BCUT2D eigenvalue weighted by molar-refractivity contribution is 7.87. The van der Waals surface area contributed by atoms with Crippen LogP contribution in [0, 0.1) is 0 Å². The van der Waals surface area contributed by atoms with Gasteiger partial charge in [0, 0.05) is 6.54 Å². The van der Waals surface area contributed by atoms with Crippen molar-refractivity contribution >= 4 is 15.9 Å². The third-order valence-electron chi connectivity index (χ3n) is 1.74. The molecule has 0 amide bonds. The average molecular weight is 226 g/mol. The first kappa shape index (κ1) is 13.5. The van der Waals surface area contributed by atoms with Gasteiger partial charge >= 0.3 is 0 Å². The summed E-state index contributed by atoms with van der Waals surface area (Å²) in [5.41, 5.74) is 10.2. The van der Waals surface area contributed by atoms with Crippen molar-refractivity contribution in [2.45, 2.75) is 24.3 Å². The lowest BCUT2D eigenvalue weighted by molar-refractivity contribution is -0.121. The summed E-state index contributed by atoms with van der Waals surface area (Å²) in [4.78, 5) is 11.3. The number of aliphatic hydroxyl groups excluding tert-OH is 1. The Morgan fingerprint density at radius 2 is 1.93 bits per heavy atom. The van der Waals surface area contributed by atoms with E-state index in [2.05, 4.69) is 0 Å². The van der Waals surface area contributed by atoms with Crippen LogP contribution >= 0.6 is 0 Å². The summed E-state index contributed by atoms with van der Waals surface area (Å²) in [6.45, 7) is 0.665. The van der Waals surface area contributed by atoms with E-state index in [4.69, 9.17) is 21.1 Å². The fourth-order valence-corrected chi connectivity index (χ4v) is 1.53. The molecule has 0 aliphatic rings. The van der Waals surface area contributed by atoms with Gasteiger partial charge in [-0.3, -0.25) is 9.35 Å². The second-order valence-corrected chi connectivity index (χ2v) is 4.51. The van der Waals surface area contributed by atoms with Crippen LogP contribution in [0.25, 0.3) is 0 Å². The van der Waals surface area contributed by atoms with E-state index in [-0.39, 0.29) is 0 Å². The van der Waals surface area contributed by atoms with Gasteiger partial charge in [0.05, 0.1) is 12.1 Å². The lowest BCUT2D eigenvalue weighted by Gasteiger charge is -2.17. The van der Waals surface area contributed by atoms with E-state index < -0.39 is 39.8 Å². The zero-order valence-corrected chi connectivity index (χ0v) is 8.44. The van der Waals surface area contributed by atoms with E-state index in [1.165, 1.54) is 6.92 Å². The second-order valence-electron chi connectivity index (χ2n) is 2.91. The fraction of sp³-hybridized carbons (Fsp3) is 0.833. The predicted octanol–water partition coefficient (Wildman–Crippen LogP) is -2.52. The maximum absolute atomic E-state index is 11.3. The molecular weight excluding hydrogens is 212 g/mol. The molecule has 0 aromatic heterocycles. The fourth-order valence-electron chi connectivity index (χ4n) is 0.837. The molecule has 0 aliphatic carbocycles. The van der Waals surface area contributed by atoms with Crippen LogP contribution in [0.2, 0.25) is 0 Å². The van der Waals surface area contributed by atoms with E-state index >= 15 is 0 Å². The molecule has 7 nitrogen and oxygen atoms in total. The van der Waals surface area contributed by atoms with Gasteiger partial charge in [-0.1, -0.05) is 0 Å². The first-order valence-electron chi connectivity index (χ1n) is 3.85. The van der Waals surface area contributed by atoms with Gasteiger partial charge in [0.25, 0.3) is 10.1 Å².